The third-order valence-corrected chi connectivity index (χ3v) is 4.73. The lowest BCUT2D eigenvalue weighted by Gasteiger charge is -2.00. The van der Waals surface area contributed by atoms with E-state index in [1.165, 1.54) is 17.5 Å². The number of aromatic nitrogens is 4. The van der Waals surface area contributed by atoms with Gasteiger partial charge in [0.15, 0.2) is 5.13 Å². The van der Waals surface area contributed by atoms with Gasteiger partial charge in [-0.15, -0.1) is 11.3 Å². The molecular formula is C19H15N5O2S. The number of nitrogens with one attached hydrogen (secondary N) is 1. The minimum atomic E-state index is -0.408. The van der Waals surface area contributed by atoms with Gasteiger partial charge in [0, 0.05) is 24.0 Å². The summed E-state index contributed by atoms with van der Waals surface area (Å²) in [7, 11) is 0. The maximum Gasteiger partial charge on any atom is 0.294 e. The van der Waals surface area contributed by atoms with E-state index in [9.17, 15) is 4.79 Å². The van der Waals surface area contributed by atoms with Crippen molar-refractivity contribution in [2.24, 2.45) is 0 Å². The van der Waals surface area contributed by atoms with Crippen LogP contribution >= 0.6 is 11.3 Å². The molecular weight excluding hydrogens is 362 g/mol. The standard InChI is InChI=1S/C19H15N5O2S/c1-11-5-7-20-8-13(11)18-22-9-15(26-18)17(25)24-19-23-14(10-27-19)16-12(2)4-3-6-21-16/h3-10H,1-2H3,(H,23,24,25). The van der Waals surface area contributed by atoms with E-state index in [2.05, 4.69) is 25.3 Å². The number of carbonyl (C=O) groups is 1. The molecule has 4 heterocycles. The van der Waals surface area contributed by atoms with E-state index in [1.807, 2.05) is 37.4 Å². The van der Waals surface area contributed by atoms with Crippen molar-refractivity contribution in [3.63, 3.8) is 0 Å². The van der Waals surface area contributed by atoms with Crippen LogP contribution in [0.1, 0.15) is 21.7 Å². The summed E-state index contributed by atoms with van der Waals surface area (Å²) >= 11 is 1.33. The van der Waals surface area contributed by atoms with Gasteiger partial charge in [0.25, 0.3) is 5.91 Å². The lowest BCUT2D eigenvalue weighted by molar-refractivity contribution is 0.0997. The van der Waals surface area contributed by atoms with E-state index in [1.54, 1.807) is 18.6 Å². The number of carbonyl (C=O) groups excluding carboxylic acids is 1. The summed E-state index contributed by atoms with van der Waals surface area (Å²) in [4.78, 5) is 29.5. The number of pyridine rings is 2. The van der Waals surface area contributed by atoms with E-state index in [4.69, 9.17) is 4.42 Å². The lowest BCUT2D eigenvalue weighted by Crippen LogP contribution is -2.10. The molecule has 0 bridgehead atoms. The maximum absolute atomic E-state index is 12.4. The highest BCUT2D eigenvalue weighted by Gasteiger charge is 2.17. The zero-order valence-electron chi connectivity index (χ0n) is 14.6. The minimum Gasteiger partial charge on any atom is -0.431 e. The number of anilines is 1. The molecule has 0 aliphatic heterocycles. The number of amides is 1. The zero-order valence-corrected chi connectivity index (χ0v) is 15.4. The van der Waals surface area contributed by atoms with Gasteiger partial charge in [-0.3, -0.25) is 20.1 Å². The molecule has 0 fully saturated rings. The van der Waals surface area contributed by atoms with E-state index < -0.39 is 5.91 Å². The molecule has 0 aliphatic carbocycles. The molecule has 7 nitrogen and oxygen atoms in total. The molecule has 134 valence electrons. The predicted molar refractivity (Wildman–Crippen MR) is 103 cm³/mol. The second-order valence-corrected chi connectivity index (χ2v) is 6.74. The fourth-order valence-corrected chi connectivity index (χ4v) is 3.23. The number of rotatable bonds is 4. The molecule has 1 amide bonds. The van der Waals surface area contributed by atoms with Crippen molar-refractivity contribution in [2.75, 3.05) is 5.32 Å². The Morgan fingerprint density at radius 1 is 1.11 bits per heavy atom. The first kappa shape index (κ1) is 17.0. The van der Waals surface area contributed by atoms with Crippen LogP contribution in [0.5, 0.6) is 0 Å². The molecule has 4 rings (SSSR count). The highest BCUT2D eigenvalue weighted by molar-refractivity contribution is 7.14. The number of nitrogens with zero attached hydrogens (tertiary/aromatic N) is 4. The Morgan fingerprint density at radius 3 is 2.81 bits per heavy atom. The highest BCUT2D eigenvalue weighted by atomic mass is 32.1. The number of aryl methyl sites for hydroxylation is 2. The highest BCUT2D eigenvalue weighted by Crippen LogP contribution is 2.26. The van der Waals surface area contributed by atoms with Gasteiger partial charge in [0.2, 0.25) is 11.7 Å². The van der Waals surface area contributed by atoms with Crippen molar-refractivity contribution < 1.29 is 9.21 Å². The summed E-state index contributed by atoms with van der Waals surface area (Å²) < 4.78 is 5.60. The molecule has 4 aromatic rings. The van der Waals surface area contributed by atoms with Gasteiger partial charge in [-0.1, -0.05) is 6.07 Å². The van der Waals surface area contributed by atoms with Gasteiger partial charge in [-0.2, -0.15) is 0 Å². The molecule has 0 aromatic carbocycles. The third-order valence-electron chi connectivity index (χ3n) is 3.98. The van der Waals surface area contributed by atoms with Crippen molar-refractivity contribution >= 4 is 22.4 Å². The number of hydrogen-bond donors (Lipinski definition) is 1. The van der Waals surface area contributed by atoms with Gasteiger partial charge < -0.3 is 4.42 Å². The number of oxazole rings is 1. The molecule has 8 heteroatoms. The average Bonchev–Trinajstić information content (AvgIpc) is 3.32. The number of hydrogen-bond acceptors (Lipinski definition) is 7. The summed E-state index contributed by atoms with van der Waals surface area (Å²) in [5.74, 6) is 0.0580. The van der Waals surface area contributed by atoms with Gasteiger partial charge in [0.1, 0.15) is 5.69 Å². The van der Waals surface area contributed by atoms with E-state index in [-0.39, 0.29) is 5.76 Å². The van der Waals surface area contributed by atoms with Crippen LogP contribution in [-0.2, 0) is 0 Å². The minimum absolute atomic E-state index is 0.110. The summed E-state index contributed by atoms with van der Waals surface area (Å²) in [5, 5.41) is 5.06. The lowest BCUT2D eigenvalue weighted by atomic mass is 10.2. The fraction of sp³-hybridized carbons (Fsp3) is 0.105. The molecule has 4 aromatic heterocycles. The van der Waals surface area contributed by atoms with Crippen molar-refractivity contribution in [1.82, 2.24) is 19.9 Å². The number of thiazole rings is 1. The molecule has 0 saturated carbocycles. The SMILES string of the molecule is Cc1ccncc1-c1ncc(C(=O)Nc2nc(-c3ncccc3C)cs2)o1. The van der Waals surface area contributed by atoms with Crippen LogP contribution in [0.15, 0.2) is 52.8 Å². The topological polar surface area (TPSA) is 93.8 Å². The first-order valence-electron chi connectivity index (χ1n) is 8.17. The van der Waals surface area contributed by atoms with Crippen LogP contribution < -0.4 is 5.32 Å². The zero-order chi connectivity index (χ0) is 18.8. The van der Waals surface area contributed by atoms with Crippen molar-refractivity contribution in [3.05, 3.63) is 65.3 Å². The van der Waals surface area contributed by atoms with Crippen LogP contribution in [0.2, 0.25) is 0 Å². The maximum atomic E-state index is 12.4. The Balaban J connectivity index is 1.52. The van der Waals surface area contributed by atoms with E-state index in [0.717, 1.165) is 28.1 Å². The van der Waals surface area contributed by atoms with Crippen LogP contribution in [0, 0.1) is 13.8 Å². The Kier molecular flexibility index (Phi) is 4.47. The molecule has 0 saturated heterocycles. The molecule has 0 radical (unpaired) electrons. The smallest absolute Gasteiger partial charge is 0.294 e. The van der Waals surface area contributed by atoms with Gasteiger partial charge in [-0.25, -0.2) is 9.97 Å². The molecule has 0 unspecified atom stereocenters. The van der Waals surface area contributed by atoms with Gasteiger partial charge in [-0.05, 0) is 37.1 Å². The van der Waals surface area contributed by atoms with Crippen LogP contribution in [0.25, 0.3) is 22.8 Å². The molecule has 0 aliphatic rings. The summed E-state index contributed by atoms with van der Waals surface area (Å²) in [6.45, 7) is 3.90. The van der Waals surface area contributed by atoms with Crippen molar-refractivity contribution in [1.29, 1.82) is 0 Å². The molecule has 1 N–H and O–H groups in total. The Bertz CT molecular complexity index is 1120. The molecule has 27 heavy (non-hydrogen) atoms. The van der Waals surface area contributed by atoms with Gasteiger partial charge >= 0.3 is 0 Å². The first-order chi connectivity index (χ1) is 13.1. The summed E-state index contributed by atoms with van der Waals surface area (Å²) in [6.07, 6.45) is 6.47. The van der Waals surface area contributed by atoms with Crippen LogP contribution in [-0.4, -0.2) is 25.8 Å². The second kappa shape index (κ2) is 7.08. The predicted octanol–water partition coefficient (Wildman–Crippen LogP) is 4.12. The monoisotopic (exact) mass is 377 g/mol. The van der Waals surface area contributed by atoms with Crippen molar-refractivity contribution in [2.45, 2.75) is 13.8 Å². The third kappa shape index (κ3) is 3.47. The van der Waals surface area contributed by atoms with Crippen molar-refractivity contribution in [3.8, 4) is 22.8 Å². The largest absolute Gasteiger partial charge is 0.431 e. The van der Waals surface area contributed by atoms with Gasteiger partial charge in [0.05, 0.1) is 17.5 Å². The summed E-state index contributed by atoms with van der Waals surface area (Å²) in [6, 6.07) is 5.70. The molecule has 0 spiro atoms. The Labute approximate surface area is 159 Å². The fourth-order valence-electron chi connectivity index (χ4n) is 2.54. The quantitative estimate of drug-likeness (QED) is 0.575. The molecule has 0 atom stereocenters. The summed E-state index contributed by atoms with van der Waals surface area (Å²) in [5.41, 5.74) is 4.25. The Morgan fingerprint density at radius 2 is 2.00 bits per heavy atom. The normalized spacial score (nSPS) is 10.7. The van der Waals surface area contributed by atoms with E-state index >= 15 is 0 Å². The first-order valence-corrected chi connectivity index (χ1v) is 9.05. The van der Waals surface area contributed by atoms with Crippen LogP contribution in [0.3, 0.4) is 0 Å². The average molecular weight is 377 g/mol. The van der Waals surface area contributed by atoms with Crippen LogP contribution in [0.4, 0.5) is 5.13 Å². The Hall–Kier alpha value is -3.39. The second-order valence-electron chi connectivity index (χ2n) is 5.88. The van der Waals surface area contributed by atoms with E-state index in [0.29, 0.717) is 11.0 Å².